The summed E-state index contributed by atoms with van der Waals surface area (Å²) < 4.78 is 0. The summed E-state index contributed by atoms with van der Waals surface area (Å²) in [5.41, 5.74) is 0. The number of thiophene rings is 1. The molecule has 0 spiro atoms. The predicted octanol–water partition coefficient (Wildman–Crippen LogP) is 4.28. The first-order chi connectivity index (χ1) is 9.67. The topological polar surface area (TPSA) is 49.8 Å². The van der Waals surface area contributed by atoms with Crippen LogP contribution in [0.1, 0.15) is 38.5 Å². The fraction of sp³-hybridized carbons (Fsp3) is 0.600. The number of rotatable bonds is 7. The normalized spacial score (nSPS) is 11.2. The highest BCUT2D eigenvalue weighted by Gasteiger charge is 2.11. The molecule has 0 aliphatic heterocycles. The van der Waals surface area contributed by atoms with E-state index in [2.05, 4.69) is 54.4 Å². The van der Waals surface area contributed by atoms with Gasteiger partial charge in [-0.25, -0.2) is 4.98 Å². The van der Waals surface area contributed by atoms with Crippen LogP contribution in [0.25, 0.3) is 10.2 Å². The molecule has 110 valence electrons. The van der Waals surface area contributed by atoms with Crippen LogP contribution in [0.15, 0.2) is 6.07 Å². The molecular weight excluding hydrogens is 268 g/mol. The van der Waals surface area contributed by atoms with E-state index >= 15 is 0 Å². The molecule has 0 bridgehead atoms. The smallest absolute Gasteiger partial charge is 0.226 e. The summed E-state index contributed by atoms with van der Waals surface area (Å²) in [6.07, 6.45) is 2.39. The van der Waals surface area contributed by atoms with Gasteiger partial charge in [-0.3, -0.25) is 0 Å². The van der Waals surface area contributed by atoms with E-state index in [1.807, 2.05) is 0 Å². The van der Waals surface area contributed by atoms with Gasteiger partial charge in [-0.15, -0.1) is 11.3 Å². The van der Waals surface area contributed by atoms with Gasteiger partial charge in [-0.1, -0.05) is 26.7 Å². The monoisotopic (exact) mass is 292 g/mol. The van der Waals surface area contributed by atoms with Crippen molar-refractivity contribution in [2.24, 2.45) is 5.92 Å². The zero-order valence-electron chi connectivity index (χ0n) is 12.8. The van der Waals surface area contributed by atoms with E-state index in [0.29, 0.717) is 11.9 Å². The third kappa shape index (κ3) is 3.39. The fourth-order valence-electron chi connectivity index (χ4n) is 2.23. The fourth-order valence-corrected chi connectivity index (χ4v) is 3.11. The van der Waals surface area contributed by atoms with Crippen molar-refractivity contribution in [3.05, 3.63) is 10.9 Å². The Morgan fingerprint density at radius 2 is 1.90 bits per heavy atom. The molecule has 2 aromatic heterocycles. The number of nitrogens with one attached hydrogen (secondary N) is 2. The molecule has 2 N–H and O–H groups in total. The molecule has 5 heteroatoms. The Bertz CT molecular complexity index is 560. The van der Waals surface area contributed by atoms with Crippen molar-refractivity contribution in [2.75, 3.05) is 23.7 Å². The number of hydrogen-bond acceptors (Lipinski definition) is 5. The van der Waals surface area contributed by atoms with E-state index in [-0.39, 0.29) is 0 Å². The van der Waals surface area contributed by atoms with Gasteiger partial charge in [-0.2, -0.15) is 4.98 Å². The van der Waals surface area contributed by atoms with Crippen molar-refractivity contribution in [3.63, 3.8) is 0 Å². The van der Waals surface area contributed by atoms with Gasteiger partial charge in [0.15, 0.2) is 0 Å². The number of fused-ring (bicyclic) bond motifs is 1. The minimum Gasteiger partial charge on any atom is -0.369 e. The second kappa shape index (κ2) is 6.88. The predicted molar refractivity (Wildman–Crippen MR) is 88.9 cm³/mol. The molecule has 0 fully saturated rings. The lowest BCUT2D eigenvalue weighted by atomic mass is 10.0. The Hall–Kier alpha value is -1.36. The van der Waals surface area contributed by atoms with Crippen LogP contribution in [-0.4, -0.2) is 23.1 Å². The molecule has 0 atom stereocenters. The Balaban J connectivity index is 2.29. The Morgan fingerprint density at radius 1 is 1.15 bits per heavy atom. The molecule has 0 unspecified atom stereocenters. The second-order valence-electron chi connectivity index (χ2n) is 5.07. The summed E-state index contributed by atoms with van der Waals surface area (Å²) in [7, 11) is 0. The lowest BCUT2D eigenvalue weighted by molar-refractivity contribution is 0.518. The van der Waals surface area contributed by atoms with Crippen molar-refractivity contribution >= 4 is 33.3 Å². The number of nitrogens with zero attached hydrogens (tertiary/aromatic N) is 2. The van der Waals surface area contributed by atoms with Crippen LogP contribution in [0.2, 0.25) is 0 Å². The summed E-state index contributed by atoms with van der Waals surface area (Å²) in [5.74, 6) is 2.37. The number of aromatic nitrogens is 2. The SMILES string of the molecule is CCNc1nc(NCC(CC)CC)c2cc(C)sc2n1. The van der Waals surface area contributed by atoms with Crippen LogP contribution < -0.4 is 10.6 Å². The van der Waals surface area contributed by atoms with Crippen molar-refractivity contribution in [1.82, 2.24) is 9.97 Å². The van der Waals surface area contributed by atoms with Crippen molar-refractivity contribution in [1.29, 1.82) is 0 Å². The highest BCUT2D eigenvalue weighted by molar-refractivity contribution is 7.18. The molecule has 2 rings (SSSR count). The van der Waals surface area contributed by atoms with Crippen molar-refractivity contribution in [3.8, 4) is 0 Å². The van der Waals surface area contributed by atoms with Crippen LogP contribution in [0.3, 0.4) is 0 Å². The molecular formula is C15H24N4S. The van der Waals surface area contributed by atoms with Gasteiger partial charge in [0.05, 0.1) is 5.39 Å². The van der Waals surface area contributed by atoms with E-state index in [9.17, 15) is 0 Å². The number of aryl methyl sites for hydroxylation is 1. The zero-order valence-corrected chi connectivity index (χ0v) is 13.6. The molecule has 0 radical (unpaired) electrons. The molecule has 0 aliphatic carbocycles. The van der Waals surface area contributed by atoms with Crippen LogP contribution in [0, 0.1) is 12.8 Å². The van der Waals surface area contributed by atoms with Crippen LogP contribution in [0.5, 0.6) is 0 Å². The lowest BCUT2D eigenvalue weighted by Gasteiger charge is -2.15. The van der Waals surface area contributed by atoms with Crippen molar-refractivity contribution < 1.29 is 0 Å². The minimum atomic E-state index is 0.697. The van der Waals surface area contributed by atoms with Crippen LogP contribution in [0.4, 0.5) is 11.8 Å². The molecule has 0 saturated heterocycles. The maximum atomic E-state index is 4.62. The highest BCUT2D eigenvalue weighted by Crippen LogP contribution is 2.29. The molecule has 4 nitrogen and oxygen atoms in total. The molecule has 2 aromatic rings. The Morgan fingerprint density at radius 3 is 2.55 bits per heavy atom. The number of hydrogen-bond donors (Lipinski definition) is 2. The minimum absolute atomic E-state index is 0.697. The average Bonchev–Trinajstić information content (AvgIpc) is 2.80. The summed E-state index contributed by atoms with van der Waals surface area (Å²) >= 11 is 1.72. The number of anilines is 2. The van der Waals surface area contributed by atoms with Gasteiger partial charge in [0.25, 0.3) is 0 Å². The van der Waals surface area contributed by atoms with E-state index in [0.717, 1.165) is 29.1 Å². The van der Waals surface area contributed by atoms with Gasteiger partial charge in [0.1, 0.15) is 10.6 Å². The highest BCUT2D eigenvalue weighted by atomic mass is 32.1. The van der Waals surface area contributed by atoms with E-state index in [1.165, 1.54) is 17.7 Å². The van der Waals surface area contributed by atoms with Gasteiger partial charge >= 0.3 is 0 Å². The summed E-state index contributed by atoms with van der Waals surface area (Å²) in [4.78, 5) is 11.5. The maximum absolute atomic E-state index is 4.62. The van der Waals surface area contributed by atoms with Crippen LogP contribution in [-0.2, 0) is 0 Å². The largest absolute Gasteiger partial charge is 0.369 e. The summed E-state index contributed by atoms with van der Waals surface area (Å²) in [5, 5.41) is 7.87. The first kappa shape index (κ1) is 15.0. The molecule has 0 amide bonds. The van der Waals surface area contributed by atoms with Gasteiger partial charge < -0.3 is 10.6 Å². The second-order valence-corrected chi connectivity index (χ2v) is 6.30. The average molecular weight is 292 g/mol. The first-order valence-electron chi connectivity index (χ1n) is 7.43. The summed E-state index contributed by atoms with van der Waals surface area (Å²) in [6, 6.07) is 2.17. The standard InChI is InChI=1S/C15H24N4S/c1-5-11(6-2)9-17-13-12-8-10(4)20-14(12)19-15(18-13)16-7-3/h8,11H,5-7,9H2,1-4H3,(H2,16,17,18,19). The maximum Gasteiger partial charge on any atom is 0.226 e. The Kier molecular flexibility index (Phi) is 5.17. The quantitative estimate of drug-likeness (QED) is 0.799. The van der Waals surface area contributed by atoms with Crippen LogP contribution >= 0.6 is 11.3 Å². The first-order valence-corrected chi connectivity index (χ1v) is 8.25. The van der Waals surface area contributed by atoms with Gasteiger partial charge in [0.2, 0.25) is 5.95 Å². The zero-order chi connectivity index (χ0) is 14.5. The van der Waals surface area contributed by atoms with E-state index in [4.69, 9.17) is 0 Å². The molecule has 0 aromatic carbocycles. The molecule has 0 saturated carbocycles. The third-order valence-corrected chi connectivity index (χ3v) is 4.51. The summed E-state index contributed by atoms with van der Waals surface area (Å²) in [6.45, 7) is 10.5. The lowest BCUT2D eigenvalue weighted by Crippen LogP contribution is -2.14. The van der Waals surface area contributed by atoms with E-state index in [1.54, 1.807) is 11.3 Å². The van der Waals surface area contributed by atoms with E-state index < -0.39 is 0 Å². The third-order valence-electron chi connectivity index (χ3n) is 3.56. The molecule has 20 heavy (non-hydrogen) atoms. The van der Waals surface area contributed by atoms with Crippen molar-refractivity contribution in [2.45, 2.75) is 40.5 Å². The van der Waals surface area contributed by atoms with Gasteiger partial charge in [0, 0.05) is 18.0 Å². The van der Waals surface area contributed by atoms with Gasteiger partial charge in [-0.05, 0) is 25.8 Å². The molecule has 0 aliphatic rings. The Labute approximate surface area is 125 Å². The molecule has 2 heterocycles.